The maximum absolute atomic E-state index is 11.4. The van der Waals surface area contributed by atoms with Crippen molar-refractivity contribution in [3.05, 3.63) is 23.8 Å². The fourth-order valence-electron chi connectivity index (χ4n) is 2.64. The highest BCUT2D eigenvalue weighted by Crippen LogP contribution is 2.31. The summed E-state index contributed by atoms with van der Waals surface area (Å²) in [5.41, 5.74) is -0.246. The van der Waals surface area contributed by atoms with Crippen molar-refractivity contribution in [1.29, 1.82) is 5.26 Å². The van der Waals surface area contributed by atoms with Crippen LogP contribution in [-0.2, 0) is 19.7 Å². The Balaban J connectivity index is 3.00. The lowest BCUT2D eigenvalue weighted by Crippen LogP contribution is -2.39. The summed E-state index contributed by atoms with van der Waals surface area (Å²) < 4.78 is 35.6. The van der Waals surface area contributed by atoms with Crippen LogP contribution in [0.1, 0.15) is 40.2 Å². The molecule has 0 aliphatic heterocycles. The first-order chi connectivity index (χ1) is 11.8. The number of hydrogen-bond donors (Lipinski definition) is 2. The van der Waals surface area contributed by atoms with Crippen molar-refractivity contribution in [3.63, 3.8) is 0 Å². The molecule has 1 aromatic carbocycles. The summed E-state index contributed by atoms with van der Waals surface area (Å²) in [6, 6.07) is 6.42. The number of esters is 1. The molecule has 0 aliphatic rings. The van der Waals surface area contributed by atoms with Gasteiger partial charge in [0.15, 0.2) is 0 Å². The summed E-state index contributed by atoms with van der Waals surface area (Å²) in [4.78, 5) is 11.4. The van der Waals surface area contributed by atoms with Crippen LogP contribution >= 0.6 is 0 Å². The molecular formula is C17H25N3O5S. The van der Waals surface area contributed by atoms with Gasteiger partial charge in [-0.3, -0.25) is 9.52 Å². The van der Waals surface area contributed by atoms with Crippen molar-refractivity contribution in [2.24, 2.45) is 16.5 Å². The van der Waals surface area contributed by atoms with E-state index >= 15 is 0 Å². The molecule has 2 unspecified atom stereocenters. The third-order valence-corrected chi connectivity index (χ3v) is 4.06. The van der Waals surface area contributed by atoms with Gasteiger partial charge >= 0.3 is 5.97 Å². The molecule has 2 atom stereocenters. The number of carbonyl (C=O) groups excluding carboxylic acids is 1. The van der Waals surface area contributed by atoms with Crippen LogP contribution in [0, 0.1) is 22.7 Å². The number of benzene rings is 1. The van der Waals surface area contributed by atoms with Crippen molar-refractivity contribution in [1.82, 2.24) is 0 Å². The van der Waals surface area contributed by atoms with E-state index in [4.69, 9.17) is 14.6 Å². The number of rotatable bonds is 7. The van der Waals surface area contributed by atoms with Gasteiger partial charge in [0.25, 0.3) is 10.2 Å². The standard InChI is InChI=1S/C17H25N3O5S/c1-11(16(17(3,4)5)25-12(2)21)10-24-15-8-6-7-14(13(15)9-18)20-26(19,22)23/h6-8,11,16,20H,10H2,1-5H3,(H2,19,22,23). The fraction of sp³-hybridized carbons (Fsp3) is 0.529. The van der Waals surface area contributed by atoms with E-state index in [0.29, 0.717) is 0 Å². The largest absolute Gasteiger partial charge is 0.492 e. The Hall–Kier alpha value is -2.31. The molecule has 26 heavy (non-hydrogen) atoms. The predicted molar refractivity (Wildman–Crippen MR) is 97.6 cm³/mol. The molecule has 3 N–H and O–H groups in total. The maximum atomic E-state index is 11.4. The molecule has 0 aliphatic carbocycles. The molecule has 0 bridgehead atoms. The van der Waals surface area contributed by atoms with Crippen molar-refractivity contribution in [2.75, 3.05) is 11.3 Å². The van der Waals surface area contributed by atoms with Gasteiger partial charge in [-0.15, -0.1) is 0 Å². The number of ether oxygens (including phenoxy) is 2. The van der Waals surface area contributed by atoms with E-state index < -0.39 is 16.3 Å². The number of nitrogens with two attached hydrogens (primary N) is 1. The summed E-state index contributed by atoms with van der Waals surface area (Å²) in [5, 5.41) is 14.3. The van der Waals surface area contributed by atoms with Gasteiger partial charge in [0.1, 0.15) is 23.5 Å². The summed E-state index contributed by atoms with van der Waals surface area (Å²) in [5.74, 6) is -0.336. The molecule has 0 heterocycles. The zero-order valence-electron chi connectivity index (χ0n) is 15.6. The molecule has 0 saturated carbocycles. The first kappa shape index (κ1) is 21.7. The molecule has 0 amide bonds. The maximum Gasteiger partial charge on any atom is 0.302 e. The van der Waals surface area contributed by atoms with E-state index in [9.17, 15) is 18.5 Å². The van der Waals surface area contributed by atoms with Gasteiger partial charge in [0.2, 0.25) is 0 Å². The molecule has 1 aromatic rings. The number of nitrogens with zero attached hydrogens (tertiary/aromatic N) is 1. The quantitative estimate of drug-likeness (QED) is 0.694. The van der Waals surface area contributed by atoms with Gasteiger partial charge in [-0.1, -0.05) is 33.8 Å². The highest BCUT2D eigenvalue weighted by molar-refractivity contribution is 7.90. The van der Waals surface area contributed by atoms with E-state index in [1.165, 1.54) is 13.0 Å². The Morgan fingerprint density at radius 2 is 2.00 bits per heavy atom. The lowest BCUT2D eigenvalue weighted by Gasteiger charge is -2.34. The average Bonchev–Trinajstić information content (AvgIpc) is 2.47. The first-order valence-corrected chi connectivity index (χ1v) is 9.53. The van der Waals surface area contributed by atoms with Crippen molar-refractivity contribution >= 4 is 21.9 Å². The van der Waals surface area contributed by atoms with E-state index in [1.54, 1.807) is 12.1 Å². The average molecular weight is 383 g/mol. The van der Waals surface area contributed by atoms with Crippen molar-refractivity contribution in [3.8, 4) is 11.8 Å². The lowest BCUT2D eigenvalue weighted by atomic mass is 9.82. The minimum absolute atomic E-state index is 0.0218. The van der Waals surface area contributed by atoms with Gasteiger partial charge in [-0.2, -0.15) is 13.7 Å². The third-order valence-electron chi connectivity index (χ3n) is 3.56. The minimum Gasteiger partial charge on any atom is -0.492 e. The Kier molecular flexibility index (Phi) is 7.00. The second kappa shape index (κ2) is 8.38. The number of nitriles is 1. The smallest absolute Gasteiger partial charge is 0.302 e. The SMILES string of the molecule is CC(=O)OC(C(C)COc1cccc(NS(N)(=O)=O)c1C#N)C(C)(C)C. The summed E-state index contributed by atoms with van der Waals surface area (Å²) in [7, 11) is -4.02. The van der Waals surface area contributed by atoms with Crippen molar-refractivity contribution in [2.45, 2.75) is 40.7 Å². The first-order valence-electron chi connectivity index (χ1n) is 7.99. The van der Waals surface area contributed by atoms with E-state index in [-0.39, 0.29) is 40.9 Å². The van der Waals surface area contributed by atoms with Crippen LogP contribution in [-0.4, -0.2) is 27.1 Å². The monoisotopic (exact) mass is 383 g/mol. The Labute approximate surface area is 154 Å². The molecule has 8 nitrogen and oxygen atoms in total. The van der Waals surface area contributed by atoms with Gasteiger partial charge in [-0.05, 0) is 17.5 Å². The Morgan fingerprint density at radius 3 is 2.46 bits per heavy atom. The molecule has 0 saturated heterocycles. The van der Waals surface area contributed by atoms with Crippen LogP contribution in [0.5, 0.6) is 5.75 Å². The Bertz CT molecular complexity index is 794. The number of nitrogens with one attached hydrogen (secondary N) is 1. The lowest BCUT2D eigenvalue weighted by molar-refractivity contribution is -0.156. The molecular weight excluding hydrogens is 358 g/mol. The van der Waals surface area contributed by atoms with Gasteiger partial charge in [0.05, 0.1) is 12.3 Å². The van der Waals surface area contributed by atoms with Crippen LogP contribution in [0.3, 0.4) is 0 Å². The summed E-state index contributed by atoms with van der Waals surface area (Å²) in [6.45, 7) is 9.25. The zero-order valence-corrected chi connectivity index (χ0v) is 16.4. The highest BCUT2D eigenvalue weighted by Gasteiger charge is 2.33. The molecule has 1 rings (SSSR count). The highest BCUT2D eigenvalue weighted by atomic mass is 32.2. The van der Waals surface area contributed by atoms with E-state index in [1.807, 2.05) is 33.8 Å². The number of anilines is 1. The molecule has 0 aromatic heterocycles. The van der Waals surface area contributed by atoms with Crippen LogP contribution < -0.4 is 14.6 Å². The molecule has 0 fully saturated rings. The van der Waals surface area contributed by atoms with Crippen molar-refractivity contribution < 1.29 is 22.7 Å². The second-order valence-corrected chi connectivity index (χ2v) is 8.42. The minimum atomic E-state index is -4.02. The van der Waals surface area contributed by atoms with E-state index in [0.717, 1.165) is 0 Å². The molecule has 0 radical (unpaired) electrons. The normalized spacial score (nSPS) is 14.0. The van der Waals surface area contributed by atoms with Gasteiger partial charge in [-0.25, -0.2) is 5.14 Å². The predicted octanol–water partition coefficient (Wildman–Crippen LogP) is 2.17. The zero-order chi connectivity index (χ0) is 20.1. The molecule has 0 spiro atoms. The van der Waals surface area contributed by atoms with Crippen LogP contribution in [0.4, 0.5) is 5.69 Å². The topological polar surface area (TPSA) is 132 Å². The molecule has 144 valence electrons. The van der Waals surface area contributed by atoms with E-state index in [2.05, 4.69) is 4.72 Å². The fourth-order valence-corrected chi connectivity index (χ4v) is 3.12. The second-order valence-electron chi connectivity index (χ2n) is 7.12. The number of hydrogen-bond acceptors (Lipinski definition) is 6. The van der Waals surface area contributed by atoms with Crippen LogP contribution in [0.25, 0.3) is 0 Å². The van der Waals surface area contributed by atoms with Crippen LogP contribution in [0.2, 0.25) is 0 Å². The van der Waals surface area contributed by atoms with Gasteiger partial charge in [0, 0.05) is 12.8 Å². The summed E-state index contributed by atoms with van der Waals surface area (Å²) >= 11 is 0. The third kappa shape index (κ3) is 6.54. The summed E-state index contributed by atoms with van der Waals surface area (Å²) in [6.07, 6.45) is -0.392. The van der Waals surface area contributed by atoms with Gasteiger partial charge < -0.3 is 9.47 Å². The number of carbonyl (C=O) groups is 1. The molecule has 9 heteroatoms. The van der Waals surface area contributed by atoms with Crippen LogP contribution in [0.15, 0.2) is 18.2 Å². The Morgan fingerprint density at radius 1 is 1.38 bits per heavy atom.